The van der Waals surface area contributed by atoms with Gasteiger partial charge in [0.05, 0.1) is 0 Å². The predicted molar refractivity (Wildman–Crippen MR) is 48.2 cm³/mol. The van der Waals surface area contributed by atoms with Gasteiger partial charge in [-0.1, -0.05) is 27.7 Å². The van der Waals surface area contributed by atoms with E-state index in [0.29, 0.717) is 12.1 Å². The molecule has 1 nitrogen and oxygen atoms in total. The fourth-order valence-corrected chi connectivity index (χ4v) is 1.69. The zero-order chi connectivity index (χ0) is 8.85. The third kappa shape index (κ3) is 3.34. The second kappa shape index (κ2) is 5.72. The van der Waals surface area contributed by atoms with Crippen LogP contribution in [0.1, 0.15) is 40.5 Å². The maximum Gasteiger partial charge on any atom is 0.400 e. The molecule has 0 aromatic heterocycles. The van der Waals surface area contributed by atoms with Crippen molar-refractivity contribution in [1.82, 2.24) is 4.57 Å². The molecule has 0 aliphatic carbocycles. The van der Waals surface area contributed by atoms with Gasteiger partial charge in [-0.25, -0.2) is 0 Å². The minimum absolute atomic E-state index is 0.383. The Kier molecular flexibility index (Phi) is 5.77. The first-order chi connectivity index (χ1) is 5.17. The van der Waals surface area contributed by atoms with Crippen LogP contribution >= 0.6 is 0 Å². The van der Waals surface area contributed by atoms with Gasteiger partial charge in [0, 0.05) is 12.1 Å². The van der Waals surface area contributed by atoms with Crippen LogP contribution in [0, 0.1) is 0 Å². The molecule has 0 amide bonds. The van der Waals surface area contributed by atoms with E-state index in [9.17, 15) is 4.11 Å². The summed E-state index contributed by atoms with van der Waals surface area (Å²) in [5, 5.41) is 0. The molecule has 0 saturated heterocycles. The highest BCUT2D eigenvalue weighted by Crippen LogP contribution is 2.09. The molecule has 0 N–H and O–H groups in total. The van der Waals surface area contributed by atoms with E-state index in [0.717, 1.165) is 12.8 Å². The van der Waals surface area contributed by atoms with Gasteiger partial charge in [0.25, 0.3) is 0 Å². The van der Waals surface area contributed by atoms with Crippen LogP contribution in [0.5, 0.6) is 0 Å². The molecule has 0 spiro atoms. The summed E-state index contributed by atoms with van der Waals surface area (Å²) >= 11 is 0. The van der Waals surface area contributed by atoms with Crippen LogP contribution in [0.3, 0.4) is 0 Å². The smallest absolute Gasteiger partial charge is 0.293 e. The summed E-state index contributed by atoms with van der Waals surface area (Å²) in [6.07, 6.45) is 2.06. The molecule has 0 heterocycles. The van der Waals surface area contributed by atoms with E-state index in [1.54, 1.807) is 0 Å². The van der Waals surface area contributed by atoms with Crippen molar-refractivity contribution >= 4 is 10.0 Å². The summed E-state index contributed by atoms with van der Waals surface area (Å²) in [5.74, 6) is 0. The largest absolute Gasteiger partial charge is 0.400 e. The normalized spacial score (nSPS) is 16.9. The summed E-state index contributed by atoms with van der Waals surface area (Å²) in [7, 11) is -0.543. The van der Waals surface area contributed by atoms with Crippen molar-refractivity contribution in [2.45, 2.75) is 52.6 Å². The standard InChI is InChI=1S/C8H18FNSi/c1-5-7(3)10(11-9)8(4)6-2/h7-8H,5-6H2,1-4H3. The van der Waals surface area contributed by atoms with Crippen molar-refractivity contribution in [3.8, 4) is 0 Å². The third-order valence-corrected chi connectivity index (χ3v) is 3.31. The lowest BCUT2D eigenvalue weighted by Gasteiger charge is -2.29. The highest BCUT2D eigenvalue weighted by molar-refractivity contribution is 6.22. The molecule has 0 fully saturated rings. The SMILES string of the molecule is CCC(C)N([Si]F)C(C)CC. The average molecular weight is 175 g/mol. The molecule has 0 saturated carbocycles. The van der Waals surface area contributed by atoms with Gasteiger partial charge in [-0.05, 0) is 12.8 Å². The van der Waals surface area contributed by atoms with Crippen LogP contribution in [0.2, 0.25) is 0 Å². The maximum absolute atomic E-state index is 12.5. The van der Waals surface area contributed by atoms with Crippen molar-refractivity contribution in [1.29, 1.82) is 0 Å². The van der Waals surface area contributed by atoms with Crippen LogP contribution in [-0.2, 0) is 0 Å². The van der Waals surface area contributed by atoms with Gasteiger partial charge in [-0.2, -0.15) is 0 Å². The van der Waals surface area contributed by atoms with Gasteiger partial charge in [0.2, 0.25) is 0 Å². The molecular weight excluding hydrogens is 157 g/mol. The van der Waals surface area contributed by atoms with Crippen molar-refractivity contribution in [3.05, 3.63) is 0 Å². The molecule has 0 aliphatic rings. The molecule has 0 aromatic rings. The monoisotopic (exact) mass is 175 g/mol. The van der Waals surface area contributed by atoms with Gasteiger partial charge in [-0.15, -0.1) is 0 Å². The Morgan fingerprint density at radius 1 is 1.18 bits per heavy atom. The van der Waals surface area contributed by atoms with Gasteiger partial charge in [0.15, 0.2) is 0 Å². The Hall–Kier alpha value is 0.107. The minimum atomic E-state index is -0.543. The van der Waals surface area contributed by atoms with Crippen molar-refractivity contribution in [2.75, 3.05) is 0 Å². The number of hydrogen-bond acceptors (Lipinski definition) is 1. The lowest BCUT2D eigenvalue weighted by Crippen LogP contribution is -2.40. The van der Waals surface area contributed by atoms with Gasteiger partial charge >= 0.3 is 10.0 Å². The lowest BCUT2D eigenvalue weighted by molar-refractivity contribution is 0.256. The molecule has 0 rings (SSSR count). The molecule has 3 heteroatoms. The first kappa shape index (κ1) is 11.1. The van der Waals surface area contributed by atoms with Crippen LogP contribution in [-0.4, -0.2) is 26.7 Å². The second-order valence-electron chi connectivity index (χ2n) is 3.01. The molecule has 2 atom stereocenters. The summed E-state index contributed by atoms with van der Waals surface area (Å²) < 4.78 is 14.4. The molecular formula is C8H18FNSi. The van der Waals surface area contributed by atoms with Gasteiger partial charge in [0.1, 0.15) is 0 Å². The summed E-state index contributed by atoms with van der Waals surface area (Å²) in [4.78, 5) is 0. The Balaban J connectivity index is 3.92. The number of hydrogen-bond donors (Lipinski definition) is 0. The van der Waals surface area contributed by atoms with Crippen LogP contribution in [0.4, 0.5) is 4.11 Å². The number of halogens is 1. The van der Waals surface area contributed by atoms with Gasteiger partial charge < -0.3 is 0 Å². The Labute approximate surface area is 72.0 Å². The molecule has 0 aromatic carbocycles. The summed E-state index contributed by atoms with van der Waals surface area (Å²) in [6.45, 7) is 8.36. The predicted octanol–water partition coefficient (Wildman–Crippen LogP) is 2.39. The topological polar surface area (TPSA) is 3.24 Å². The molecule has 2 unspecified atom stereocenters. The fraction of sp³-hybridized carbons (Fsp3) is 1.00. The van der Waals surface area contributed by atoms with E-state index in [4.69, 9.17) is 0 Å². The number of nitrogens with zero attached hydrogens (tertiary/aromatic N) is 1. The highest BCUT2D eigenvalue weighted by Gasteiger charge is 2.18. The van der Waals surface area contributed by atoms with Crippen LogP contribution < -0.4 is 0 Å². The second-order valence-corrected chi connectivity index (χ2v) is 3.69. The molecule has 0 bridgehead atoms. The third-order valence-electron chi connectivity index (χ3n) is 2.23. The molecule has 11 heavy (non-hydrogen) atoms. The van der Waals surface area contributed by atoms with Crippen LogP contribution in [0.15, 0.2) is 0 Å². The van der Waals surface area contributed by atoms with Gasteiger partial charge in [-0.3, -0.25) is 8.67 Å². The number of rotatable bonds is 5. The highest BCUT2D eigenvalue weighted by atomic mass is 28.3. The fourth-order valence-electron chi connectivity index (χ4n) is 0.994. The van der Waals surface area contributed by atoms with Crippen molar-refractivity contribution < 1.29 is 4.11 Å². The van der Waals surface area contributed by atoms with E-state index < -0.39 is 10.0 Å². The first-order valence-electron chi connectivity index (χ1n) is 4.31. The first-order valence-corrected chi connectivity index (χ1v) is 5.14. The lowest BCUT2D eigenvalue weighted by atomic mass is 10.2. The Bertz CT molecular complexity index is 90.1. The zero-order valence-corrected chi connectivity index (χ0v) is 8.89. The van der Waals surface area contributed by atoms with E-state index >= 15 is 0 Å². The van der Waals surface area contributed by atoms with E-state index in [1.807, 2.05) is 4.57 Å². The quantitative estimate of drug-likeness (QED) is 0.458. The maximum atomic E-state index is 12.5. The van der Waals surface area contributed by atoms with E-state index in [1.165, 1.54) is 0 Å². The molecule has 0 aliphatic heterocycles. The molecule has 2 radical (unpaired) electrons. The Morgan fingerprint density at radius 2 is 1.55 bits per heavy atom. The van der Waals surface area contributed by atoms with Crippen LogP contribution in [0.25, 0.3) is 0 Å². The zero-order valence-electron chi connectivity index (χ0n) is 7.89. The van der Waals surface area contributed by atoms with E-state index in [2.05, 4.69) is 27.7 Å². The summed E-state index contributed by atoms with van der Waals surface area (Å²) in [6, 6.07) is 0.765. The van der Waals surface area contributed by atoms with E-state index in [-0.39, 0.29) is 0 Å². The van der Waals surface area contributed by atoms with Crippen molar-refractivity contribution in [2.24, 2.45) is 0 Å². The van der Waals surface area contributed by atoms with Crippen molar-refractivity contribution in [3.63, 3.8) is 0 Å². The summed E-state index contributed by atoms with van der Waals surface area (Å²) in [5.41, 5.74) is 0. The average Bonchev–Trinajstić information content (AvgIpc) is 2.05. The minimum Gasteiger partial charge on any atom is -0.293 e. The molecule has 66 valence electrons. The Morgan fingerprint density at radius 3 is 1.73 bits per heavy atom.